The molecule has 0 atom stereocenters. The maximum atomic E-state index is 10.4. The fourth-order valence-electron chi connectivity index (χ4n) is 1.69. The van der Waals surface area contributed by atoms with Crippen molar-refractivity contribution in [2.75, 3.05) is 0 Å². The molecule has 0 bridgehead atoms. The lowest BCUT2D eigenvalue weighted by atomic mass is 10.1. The normalized spacial score (nSPS) is 10.4. The minimum atomic E-state index is -4.59. The van der Waals surface area contributed by atoms with Crippen LogP contribution in [0.1, 0.15) is 27.0 Å². The van der Waals surface area contributed by atoms with Gasteiger partial charge in [-0.1, -0.05) is 30.3 Å². The van der Waals surface area contributed by atoms with Crippen molar-refractivity contribution in [1.82, 2.24) is 0 Å². The summed E-state index contributed by atoms with van der Waals surface area (Å²) in [4.78, 5) is 27.3. The van der Waals surface area contributed by atoms with Gasteiger partial charge in [0.15, 0.2) is 6.29 Å². The molecule has 0 saturated carbocycles. The molecule has 0 aliphatic heterocycles. The van der Waals surface area contributed by atoms with Crippen LogP contribution in [0.3, 0.4) is 0 Å². The predicted molar refractivity (Wildman–Crippen MR) is 85.2 cm³/mol. The van der Waals surface area contributed by atoms with E-state index in [9.17, 15) is 9.36 Å². The third-order valence-corrected chi connectivity index (χ3v) is 3.57. The summed E-state index contributed by atoms with van der Waals surface area (Å²) in [5, 5.41) is 0. The van der Waals surface area contributed by atoms with Gasteiger partial charge in [-0.2, -0.15) is 0 Å². The maximum Gasteiger partial charge on any atom is 0.524 e. The van der Waals surface area contributed by atoms with Crippen molar-refractivity contribution in [3.8, 4) is 5.75 Å². The van der Waals surface area contributed by atoms with Gasteiger partial charge in [-0.05, 0) is 49.6 Å². The Labute approximate surface area is 129 Å². The first-order chi connectivity index (χ1) is 10.2. The quantitative estimate of drug-likeness (QED) is 0.666. The van der Waals surface area contributed by atoms with E-state index in [1.54, 1.807) is 6.07 Å². The van der Waals surface area contributed by atoms with E-state index in [-0.39, 0.29) is 11.3 Å². The molecular formula is C16H19O5P. The molecule has 0 aromatic heterocycles. The van der Waals surface area contributed by atoms with E-state index in [1.807, 2.05) is 0 Å². The van der Waals surface area contributed by atoms with Crippen LogP contribution in [0, 0.1) is 20.8 Å². The van der Waals surface area contributed by atoms with Crippen LogP contribution in [0.5, 0.6) is 5.75 Å². The van der Waals surface area contributed by atoms with Crippen molar-refractivity contribution < 1.29 is 23.7 Å². The van der Waals surface area contributed by atoms with Crippen molar-refractivity contribution >= 4 is 14.1 Å². The summed E-state index contributed by atoms with van der Waals surface area (Å²) in [7, 11) is -4.59. The summed E-state index contributed by atoms with van der Waals surface area (Å²) in [5.74, 6) is -0.120. The summed E-state index contributed by atoms with van der Waals surface area (Å²) in [6.07, 6.45) is 0.463. The Kier molecular flexibility index (Phi) is 6.50. The molecule has 2 aromatic carbocycles. The number of phosphoric ester groups is 1. The maximum absolute atomic E-state index is 10.4. The number of carbonyl (C=O) groups excluding carboxylic acids is 1. The lowest BCUT2D eigenvalue weighted by Crippen LogP contribution is -1.93. The van der Waals surface area contributed by atoms with E-state index < -0.39 is 7.82 Å². The fourth-order valence-corrected chi connectivity index (χ4v) is 2.11. The van der Waals surface area contributed by atoms with Gasteiger partial charge in [0, 0.05) is 0 Å². The molecule has 0 unspecified atom stereocenters. The highest BCUT2D eigenvalue weighted by Gasteiger charge is 2.17. The SMILES string of the molecule is Cc1cccc(C)c1C.O=Cc1ccccc1OP(=O)(O)O. The third-order valence-electron chi connectivity index (χ3n) is 3.14. The molecule has 2 N–H and O–H groups in total. The van der Waals surface area contributed by atoms with Gasteiger partial charge >= 0.3 is 7.82 Å². The molecule has 2 aromatic rings. The number of carbonyl (C=O) groups is 1. The van der Waals surface area contributed by atoms with Crippen LogP contribution in [0.25, 0.3) is 0 Å². The van der Waals surface area contributed by atoms with Crippen molar-refractivity contribution in [2.45, 2.75) is 20.8 Å². The van der Waals surface area contributed by atoms with E-state index in [2.05, 4.69) is 43.5 Å². The second-order valence-electron chi connectivity index (χ2n) is 4.75. The number of aryl methyl sites for hydroxylation is 2. The number of para-hydroxylation sites is 1. The van der Waals surface area contributed by atoms with Crippen molar-refractivity contribution in [2.24, 2.45) is 0 Å². The predicted octanol–water partition coefficient (Wildman–Crippen LogP) is 3.58. The lowest BCUT2D eigenvalue weighted by molar-refractivity contribution is 0.112. The van der Waals surface area contributed by atoms with Crippen molar-refractivity contribution in [1.29, 1.82) is 0 Å². The Morgan fingerprint density at radius 2 is 1.50 bits per heavy atom. The molecule has 0 heterocycles. The zero-order valence-corrected chi connectivity index (χ0v) is 13.6. The average molecular weight is 322 g/mol. The van der Waals surface area contributed by atoms with Crippen LogP contribution in [0.2, 0.25) is 0 Å². The first-order valence-corrected chi connectivity index (χ1v) is 8.10. The van der Waals surface area contributed by atoms with Gasteiger partial charge in [0.1, 0.15) is 5.75 Å². The molecular weight excluding hydrogens is 303 g/mol. The number of benzene rings is 2. The highest BCUT2D eigenvalue weighted by Crippen LogP contribution is 2.38. The largest absolute Gasteiger partial charge is 0.524 e. The van der Waals surface area contributed by atoms with Crippen LogP contribution in [-0.4, -0.2) is 16.1 Å². The zero-order chi connectivity index (χ0) is 16.8. The summed E-state index contributed by atoms with van der Waals surface area (Å²) >= 11 is 0. The topological polar surface area (TPSA) is 83.8 Å². The second-order valence-corrected chi connectivity index (χ2v) is 5.92. The second kappa shape index (κ2) is 7.90. The van der Waals surface area contributed by atoms with Gasteiger partial charge in [-0.3, -0.25) is 14.6 Å². The lowest BCUT2D eigenvalue weighted by Gasteiger charge is -2.07. The highest BCUT2D eigenvalue weighted by atomic mass is 31.2. The van der Waals surface area contributed by atoms with Crippen LogP contribution < -0.4 is 4.52 Å². The van der Waals surface area contributed by atoms with Crippen LogP contribution in [-0.2, 0) is 4.57 Å². The molecule has 0 radical (unpaired) electrons. The summed E-state index contributed by atoms with van der Waals surface area (Å²) in [6, 6.07) is 12.2. The molecule has 0 aliphatic carbocycles. The number of aldehydes is 1. The highest BCUT2D eigenvalue weighted by molar-refractivity contribution is 7.46. The van der Waals surface area contributed by atoms with E-state index in [4.69, 9.17) is 9.79 Å². The third kappa shape index (κ3) is 5.82. The van der Waals surface area contributed by atoms with Crippen LogP contribution >= 0.6 is 7.82 Å². The minimum Gasteiger partial charge on any atom is -0.403 e. The van der Waals surface area contributed by atoms with Crippen LogP contribution in [0.4, 0.5) is 0 Å². The zero-order valence-electron chi connectivity index (χ0n) is 12.7. The van der Waals surface area contributed by atoms with E-state index in [0.29, 0.717) is 6.29 Å². The van der Waals surface area contributed by atoms with E-state index in [0.717, 1.165) is 0 Å². The van der Waals surface area contributed by atoms with Gasteiger partial charge in [-0.25, -0.2) is 4.57 Å². The van der Waals surface area contributed by atoms with Gasteiger partial charge in [0.05, 0.1) is 5.56 Å². The summed E-state index contributed by atoms with van der Waals surface area (Å²) in [6.45, 7) is 6.44. The Bertz CT molecular complexity index is 670. The Balaban J connectivity index is 0.000000235. The van der Waals surface area contributed by atoms with Gasteiger partial charge in [0.2, 0.25) is 0 Å². The van der Waals surface area contributed by atoms with Crippen molar-refractivity contribution in [3.63, 3.8) is 0 Å². The molecule has 5 nitrogen and oxygen atoms in total. The monoisotopic (exact) mass is 322 g/mol. The molecule has 0 spiro atoms. The Morgan fingerprint density at radius 1 is 0.955 bits per heavy atom. The smallest absolute Gasteiger partial charge is 0.403 e. The Morgan fingerprint density at radius 3 is 1.95 bits per heavy atom. The summed E-state index contributed by atoms with van der Waals surface area (Å²) < 4.78 is 14.7. The molecule has 2 rings (SSSR count). The van der Waals surface area contributed by atoms with Crippen molar-refractivity contribution in [3.05, 3.63) is 64.7 Å². The molecule has 0 fully saturated rings. The average Bonchev–Trinajstić information content (AvgIpc) is 2.44. The molecule has 0 amide bonds. The number of rotatable bonds is 3. The number of hydrogen-bond acceptors (Lipinski definition) is 3. The van der Waals surface area contributed by atoms with E-state index >= 15 is 0 Å². The van der Waals surface area contributed by atoms with Crippen LogP contribution in [0.15, 0.2) is 42.5 Å². The molecule has 0 aliphatic rings. The van der Waals surface area contributed by atoms with E-state index in [1.165, 1.54) is 34.9 Å². The first-order valence-electron chi connectivity index (χ1n) is 6.57. The van der Waals surface area contributed by atoms with Gasteiger partial charge < -0.3 is 4.52 Å². The number of hydrogen-bond donors (Lipinski definition) is 2. The fraction of sp³-hybridized carbons (Fsp3) is 0.188. The molecule has 22 heavy (non-hydrogen) atoms. The minimum absolute atomic E-state index is 0.103. The standard InChI is InChI=1S/C9H12.C7H7O5P/c1-7-5-4-6-8(2)9(7)3;8-5-6-3-1-2-4-7(6)12-13(9,10)11/h4-6H,1-3H3;1-5H,(H2,9,10,11). The summed E-state index contributed by atoms with van der Waals surface area (Å²) in [5.41, 5.74) is 4.29. The molecule has 0 saturated heterocycles. The van der Waals surface area contributed by atoms with Gasteiger partial charge in [-0.15, -0.1) is 0 Å². The van der Waals surface area contributed by atoms with Gasteiger partial charge in [0.25, 0.3) is 0 Å². The molecule has 6 heteroatoms. The molecule has 118 valence electrons. The Hall–Kier alpha value is -1.94. The first kappa shape index (κ1) is 18.1. The number of phosphoric acid groups is 1.